The van der Waals surface area contributed by atoms with E-state index < -0.39 is 28.1 Å². The second kappa shape index (κ2) is 6.68. The van der Waals surface area contributed by atoms with Crippen molar-refractivity contribution in [2.75, 3.05) is 24.7 Å². The molecule has 1 amide bonds. The van der Waals surface area contributed by atoms with Crippen LogP contribution in [0.2, 0.25) is 0 Å². The summed E-state index contributed by atoms with van der Waals surface area (Å²) in [6, 6.07) is 1.43. The minimum atomic E-state index is -0.692. The molecule has 0 unspecified atom stereocenters. The molecule has 0 aliphatic heterocycles. The molecule has 1 aromatic carbocycles. The van der Waals surface area contributed by atoms with E-state index in [0.29, 0.717) is 0 Å². The predicted molar refractivity (Wildman–Crippen MR) is 111 cm³/mol. The Morgan fingerprint density at radius 1 is 1.23 bits per heavy atom. The fourth-order valence-corrected chi connectivity index (χ4v) is 3.55. The molecule has 0 spiro atoms. The number of rotatable bonds is 6. The Morgan fingerprint density at radius 2 is 1.90 bits per heavy atom. The van der Waals surface area contributed by atoms with E-state index >= 15 is 0 Å². The molecular formula is C20H22N6O4. The van der Waals surface area contributed by atoms with Gasteiger partial charge in [0.05, 0.1) is 16.9 Å². The quantitative estimate of drug-likeness (QED) is 0.513. The molecule has 1 saturated carbocycles. The van der Waals surface area contributed by atoms with Crippen LogP contribution in [0.1, 0.15) is 34.6 Å². The zero-order valence-electron chi connectivity index (χ0n) is 17.1. The number of hydrogen-bond acceptors (Lipinski definition) is 8. The molecule has 0 saturated heterocycles. The summed E-state index contributed by atoms with van der Waals surface area (Å²) in [6.07, 6.45) is 4.81. The van der Waals surface area contributed by atoms with Crippen molar-refractivity contribution in [3.63, 3.8) is 0 Å². The van der Waals surface area contributed by atoms with E-state index in [0.717, 1.165) is 24.1 Å². The van der Waals surface area contributed by atoms with Gasteiger partial charge in [-0.05, 0) is 31.4 Å². The van der Waals surface area contributed by atoms with Crippen LogP contribution in [0.4, 0.5) is 17.1 Å². The minimum Gasteiger partial charge on any atom is -0.504 e. The Balaban J connectivity index is 1.65. The third-order valence-electron chi connectivity index (χ3n) is 5.28. The van der Waals surface area contributed by atoms with Crippen LogP contribution in [-0.2, 0) is 12.6 Å². The number of nitrogens with one attached hydrogen (secondary N) is 2. The molecule has 30 heavy (non-hydrogen) atoms. The minimum absolute atomic E-state index is 0.0459. The van der Waals surface area contributed by atoms with Crippen molar-refractivity contribution in [2.45, 2.75) is 25.3 Å². The van der Waals surface area contributed by atoms with E-state index in [1.54, 1.807) is 4.68 Å². The number of nitrogens with zero attached hydrogens (tertiary/aromatic N) is 4. The summed E-state index contributed by atoms with van der Waals surface area (Å²) in [5.41, 5.74) is 0.187. The van der Waals surface area contributed by atoms with Crippen molar-refractivity contribution in [1.29, 1.82) is 0 Å². The number of pyridine rings is 1. The molecule has 0 radical (unpaired) electrons. The first-order valence-electron chi connectivity index (χ1n) is 9.43. The van der Waals surface area contributed by atoms with Crippen LogP contribution in [0.3, 0.4) is 0 Å². The van der Waals surface area contributed by atoms with Crippen LogP contribution in [0, 0.1) is 6.92 Å². The standard InChI is InChI=1S/C20H22N6O4/c1-10-9-26(4)24-18(10)20(6-7-20)23-13-12(16(28)17(13)29)22-11-5-8-21-14(15(11)27)19(30)25(2)3/h5,8-9,23,27H,6-7H2,1-4H3,(H,21,22). The number of aromatic hydroxyl groups is 1. The van der Waals surface area contributed by atoms with Gasteiger partial charge < -0.3 is 20.6 Å². The molecule has 1 aliphatic carbocycles. The van der Waals surface area contributed by atoms with E-state index in [1.165, 1.54) is 31.3 Å². The molecule has 1 aliphatic rings. The molecule has 156 valence electrons. The van der Waals surface area contributed by atoms with Crippen LogP contribution in [0.5, 0.6) is 5.75 Å². The fraction of sp³-hybridized carbons (Fsp3) is 0.350. The average Bonchev–Trinajstić information content (AvgIpc) is 3.41. The maximum absolute atomic E-state index is 12.3. The number of hydrogen-bond donors (Lipinski definition) is 3. The Hall–Kier alpha value is -3.69. The van der Waals surface area contributed by atoms with Gasteiger partial charge in [-0.15, -0.1) is 0 Å². The lowest BCUT2D eigenvalue weighted by molar-refractivity contribution is 0.0819. The van der Waals surface area contributed by atoms with Crippen molar-refractivity contribution in [3.05, 3.63) is 55.9 Å². The van der Waals surface area contributed by atoms with Crippen molar-refractivity contribution >= 4 is 23.0 Å². The van der Waals surface area contributed by atoms with Crippen LogP contribution in [-0.4, -0.2) is 44.8 Å². The molecule has 10 nitrogen and oxygen atoms in total. The molecule has 2 heterocycles. The molecule has 10 heteroatoms. The maximum atomic E-state index is 12.3. The van der Waals surface area contributed by atoms with Crippen LogP contribution in [0.25, 0.3) is 0 Å². The van der Waals surface area contributed by atoms with E-state index in [1.807, 2.05) is 20.2 Å². The molecule has 1 fully saturated rings. The second-order valence-corrected chi connectivity index (χ2v) is 7.83. The molecule has 2 aromatic heterocycles. The van der Waals surface area contributed by atoms with E-state index in [9.17, 15) is 19.5 Å². The highest BCUT2D eigenvalue weighted by atomic mass is 16.3. The second-order valence-electron chi connectivity index (χ2n) is 7.83. The molecule has 3 N–H and O–H groups in total. The first-order chi connectivity index (χ1) is 14.1. The van der Waals surface area contributed by atoms with Crippen LogP contribution >= 0.6 is 0 Å². The van der Waals surface area contributed by atoms with Gasteiger partial charge in [-0.1, -0.05) is 0 Å². The summed E-state index contributed by atoms with van der Waals surface area (Å²) >= 11 is 0. The van der Waals surface area contributed by atoms with Gasteiger partial charge in [-0.3, -0.25) is 19.1 Å². The van der Waals surface area contributed by atoms with Crippen molar-refractivity contribution in [2.24, 2.45) is 7.05 Å². The van der Waals surface area contributed by atoms with Gasteiger partial charge in [-0.25, -0.2) is 4.98 Å². The van der Waals surface area contributed by atoms with Crippen LogP contribution in [0.15, 0.2) is 28.0 Å². The Kier molecular flexibility index (Phi) is 4.37. The SMILES string of the molecule is Cc1cn(C)nc1C1(Nc2c(Nc3ccnc(C(=O)N(C)C)c3O)c(=O)c2=O)CC1. The Morgan fingerprint density at radius 3 is 2.47 bits per heavy atom. The number of amides is 1. The molecule has 0 atom stereocenters. The highest BCUT2D eigenvalue weighted by Gasteiger charge is 2.49. The largest absolute Gasteiger partial charge is 0.504 e. The monoisotopic (exact) mass is 410 g/mol. The van der Waals surface area contributed by atoms with E-state index in [-0.39, 0.29) is 22.8 Å². The first-order valence-corrected chi connectivity index (χ1v) is 9.43. The summed E-state index contributed by atoms with van der Waals surface area (Å²) < 4.78 is 1.71. The van der Waals surface area contributed by atoms with Gasteiger partial charge in [0, 0.05) is 33.5 Å². The number of carbonyl (C=O) groups is 1. The van der Waals surface area contributed by atoms with Gasteiger partial charge in [0.1, 0.15) is 11.4 Å². The molecule has 4 rings (SSSR count). The number of carbonyl (C=O) groups excluding carboxylic acids is 1. The third-order valence-corrected chi connectivity index (χ3v) is 5.28. The predicted octanol–water partition coefficient (Wildman–Crippen LogP) is 0.972. The molecular weight excluding hydrogens is 388 g/mol. The molecule has 3 aromatic rings. The lowest BCUT2D eigenvalue weighted by atomic mass is 10.1. The Bertz CT molecular complexity index is 1230. The first kappa shape index (κ1) is 19.6. The number of anilines is 3. The van der Waals surface area contributed by atoms with Gasteiger partial charge >= 0.3 is 0 Å². The third kappa shape index (κ3) is 3.00. The highest BCUT2D eigenvalue weighted by molar-refractivity contribution is 5.97. The number of aromatic nitrogens is 3. The zero-order valence-corrected chi connectivity index (χ0v) is 17.1. The van der Waals surface area contributed by atoms with Gasteiger partial charge in [-0.2, -0.15) is 5.10 Å². The van der Waals surface area contributed by atoms with Crippen molar-refractivity contribution < 1.29 is 9.90 Å². The lowest BCUT2D eigenvalue weighted by Crippen LogP contribution is -2.39. The summed E-state index contributed by atoms with van der Waals surface area (Å²) in [6.45, 7) is 1.95. The van der Waals surface area contributed by atoms with Crippen molar-refractivity contribution in [1.82, 2.24) is 19.7 Å². The van der Waals surface area contributed by atoms with Crippen molar-refractivity contribution in [3.8, 4) is 5.75 Å². The highest BCUT2D eigenvalue weighted by Crippen LogP contribution is 2.49. The zero-order chi connectivity index (χ0) is 21.8. The summed E-state index contributed by atoms with van der Waals surface area (Å²) in [4.78, 5) is 41.9. The van der Waals surface area contributed by atoms with Gasteiger partial charge in [0.25, 0.3) is 16.8 Å². The Labute approximate surface area is 171 Å². The summed E-state index contributed by atoms with van der Waals surface area (Å²) in [5.74, 6) is -0.876. The fourth-order valence-electron chi connectivity index (χ4n) is 3.55. The normalized spacial score (nSPS) is 14.5. The van der Waals surface area contributed by atoms with E-state index in [4.69, 9.17) is 0 Å². The van der Waals surface area contributed by atoms with Gasteiger partial charge in [0.2, 0.25) is 0 Å². The van der Waals surface area contributed by atoms with Crippen LogP contribution < -0.4 is 21.5 Å². The smallest absolute Gasteiger partial charge is 0.275 e. The average molecular weight is 410 g/mol. The lowest BCUT2D eigenvalue weighted by Gasteiger charge is -2.22. The summed E-state index contributed by atoms with van der Waals surface area (Å²) in [5, 5.41) is 20.9. The van der Waals surface area contributed by atoms with Gasteiger partial charge in [0.15, 0.2) is 11.4 Å². The summed E-state index contributed by atoms with van der Waals surface area (Å²) in [7, 11) is 4.91. The van der Waals surface area contributed by atoms with E-state index in [2.05, 4.69) is 20.7 Å². The topological polar surface area (TPSA) is 129 Å². The molecule has 0 bridgehead atoms. The number of aryl methyl sites for hydroxylation is 2. The maximum Gasteiger partial charge on any atom is 0.275 e.